The summed E-state index contributed by atoms with van der Waals surface area (Å²) in [5.74, 6) is -1.06. The Kier molecular flexibility index (Phi) is 5.05. The lowest BCUT2D eigenvalue weighted by Gasteiger charge is -2.20. The van der Waals surface area contributed by atoms with Crippen molar-refractivity contribution in [3.05, 3.63) is 42.7 Å². The summed E-state index contributed by atoms with van der Waals surface area (Å²) < 4.78 is 4.66. The van der Waals surface area contributed by atoms with E-state index in [4.69, 9.17) is 0 Å². The maximum atomic E-state index is 11.9. The molecular formula is C13H16N2O3. The van der Waals surface area contributed by atoms with Gasteiger partial charge in [-0.05, 0) is 12.1 Å². The summed E-state index contributed by atoms with van der Waals surface area (Å²) in [6.45, 7) is 5.39. The summed E-state index contributed by atoms with van der Waals surface area (Å²) in [7, 11) is 1.28. The molecule has 0 aliphatic rings. The quantitative estimate of drug-likeness (QED) is 0.627. The van der Waals surface area contributed by atoms with Crippen LogP contribution in [0.15, 0.2) is 37.2 Å². The molecule has 0 saturated carbocycles. The number of esters is 1. The smallest absolute Gasteiger partial charge is 0.328 e. The molecule has 0 radical (unpaired) electrons. The first-order valence-corrected chi connectivity index (χ1v) is 5.51. The van der Waals surface area contributed by atoms with Crippen molar-refractivity contribution in [2.45, 2.75) is 13.0 Å². The number of hydrogen-bond acceptors (Lipinski definition) is 4. The van der Waals surface area contributed by atoms with E-state index in [1.165, 1.54) is 19.5 Å². The minimum atomic E-state index is -0.742. The minimum Gasteiger partial charge on any atom is -0.467 e. The normalized spacial score (nSPS) is 13.2. The third-order valence-corrected chi connectivity index (χ3v) is 2.58. The molecule has 2 atom stereocenters. The summed E-state index contributed by atoms with van der Waals surface area (Å²) in [4.78, 5) is 27.3. The van der Waals surface area contributed by atoms with Crippen LogP contribution in [0.5, 0.6) is 0 Å². The highest BCUT2D eigenvalue weighted by Crippen LogP contribution is 2.07. The van der Waals surface area contributed by atoms with Crippen molar-refractivity contribution in [2.75, 3.05) is 7.11 Å². The Morgan fingerprint density at radius 3 is 2.56 bits per heavy atom. The average molecular weight is 248 g/mol. The molecule has 1 rings (SSSR count). The molecule has 1 N–H and O–H groups in total. The molecule has 0 fully saturated rings. The van der Waals surface area contributed by atoms with Gasteiger partial charge in [0.25, 0.3) is 5.91 Å². The fourth-order valence-corrected chi connectivity index (χ4v) is 1.40. The maximum absolute atomic E-state index is 11.9. The zero-order valence-electron chi connectivity index (χ0n) is 10.4. The second-order valence-electron chi connectivity index (χ2n) is 3.81. The van der Waals surface area contributed by atoms with Gasteiger partial charge >= 0.3 is 5.97 Å². The minimum absolute atomic E-state index is 0.219. The fourth-order valence-electron chi connectivity index (χ4n) is 1.40. The van der Waals surface area contributed by atoms with E-state index in [9.17, 15) is 9.59 Å². The van der Waals surface area contributed by atoms with Crippen LogP contribution in [0, 0.1) is 5.92 Å². The molecule has 2 unspecified atom stereocenters. The second-order valence-corrected chi connectivity index (χ2v) is 3.81. The van der Waals surface area contributed by atoms with Crippen LogP contribution in [0.1, 0.15) is 17.3 Å². The van der Waals surface area contributed by atoms with E-state index in [2.05, 4.69) is 21.6 Å². The van der Waals surface area contributed by atoms with Gasteiger partial charge < -0.3 is 10.1 Å². The summed E-state index contributed by atoms with van der Waals surface area (Å²) >= 11 is 0. The zero-order valence-corrected chi connectivity index (χ0v) is 10.4. The van der Waals surface area contributed by atoms with Crippen molar-refractivity contribution in [3.63, 3.8) is 0 Å². The molecule has 0 spiro atoms. The zero-order chi connectivity index (χ0) is 13.5. The molecule has 0 aromatic carbocycles. The van der Waals surface area contributed by atoms with Crippen LogP contribution in [0.4, 0.5) is 0 Å². The highest BCUT2D eigenvalue weighted by molar-refractivity contribution is 5.96. The van der Waals surface area contributed by atoms with Crippen LogP contribution in [-0.2, 0) is 9.53 Å². The Bertz CT molecular complexity index is 431. The Morgan fingerprint density at radius 2 is 2.06 bits per heavy atom. The molecule has 1 heterocycles. The van der Waals surface area contributed by atoms with Crippen molar-refractivity contribution < 1.29 is 14.3 Å². The molecule has 0 saturated heterocycles. The number of hydrogen-bond donors (Lipinski definition) is 1. The number of amides is 1. The van der Waals surface area contributed by atoms with Crippen molar-refractivity contribution in [1.29, 1.82) is 0 Å². The highest BCUT2D eigenvalue weighted by atomic mass is 16.5. The van der Waals surface area contributed by atoms with E-state index in [1.54, 1.807) is 25.1 Å². The molecule has 0 aliphatic heterocycles. The first kappa shape index (κ1) is 13.9. The van der Waals surface area contributed by atoms with Crippen molar-refractivity contribution >= 4 is 11.9 Å². The Balaban J connectivity index is 2.81. The van der Waals surface area contributed by atoms with Crippen molar-refractivity contribution in [3.8, 4) is 0 Å². The Hall–Kier alpha value is -2.17. The van der Waals surface area contributed by atoms with Crippen LogP contribution < -0.4 is 5.32 Å². The molecule has 1 aromatic heterocycles. The monoisotopic (exact) mass is 248 g/mol. The maximum Gasteiger partial charge on any atom is 0.328 e. The van der Waals surface area contributed by atoms with Crippen molar-refractivity contribution in [1.82, 2.24) is 10.3 Å². The lowest BCUT2D eigenvalue weighted by molar-refractivity contribution is -0.143. The average Bonchev–Trinajstić information content (AvgIpc) is 2.43. The summed E-state index contributed by atoms with van der Waals surface area (Å²) in [5.41, 5.74) is 0.440. The largest absolute Gasteiger partial charge is 0.467 e. The molecule has 0 aliphatic carbocycles. The topological polar surface area (TPSA) is 68.3 Å². The van der Waals surface area contributed by atoms with E-state index in [-0.39, 0.29) is 11.8 Å². The summed E-state index contributed by atoms with van der Waals surface area (Å²) in [6, 6.07) is 2.40. The molecule has 1 amide bonds. The molecule has 0 bridgehead atoms. The number of ether oxygens (including phenoxy) is 1. The molecule has 5 heteroatoms. The number of nitrogens with zero attached hydrogens (tertiary/aromatic N) is 1. The number of carbonyl (C=O) groups excluding carboxylic acids is 2. The number of carbonyl (C=O) groups is 2. The number of pyridine rings is 1. The SMILES string of the molecule is C=CC(C)C(NC(=O)c1ccncc1)C(=O)OC. The first-order chi connectivity index (χ1) is 8.60. The van der Waals surface area contributed by atoms with Gasteiger partial charge in [0.15, 0.2) is 0 Å². The molecule has 1 aromatic rings. The van der Waals surface area contributed by atoms with Crippen LogP contribution in [0.25, 0.3) is 0 Å². The Labute approximate surface area is 106 Å². The lowest BCUT2D eigenvalue weighted by atomic mass is 10.0. The van der Waals surface area contributed by atoms with E-state index in [0.29, 0.717) is 5.56 Å². The third kappa shape index (κ3) is 3.41. The number of methoxy groups -OCH3 is 1. The predicted octanol–water partition coefficient (Wildman–Crippen LogP) is 1.18. The number of aromatic nitrogens is 1. The van der Waals surface area contributed by atoms with Gasteiger partial charge in [-0.1, -0.05) is 13.0 Å². The van der Waals surface area contributed by atoms with Gasteiger partial charge in [-0.3, -0.25) is 9.78 Å². The highest BCUT2D eigenvalue weighted by Gasteiger charge is 2.26. The lowest BCUT2D eigenvalue weighted by Crippen LogP contribution is -2.45. The number of rotatable bonds is 5. The van der Waals surface area contributed by atoms with E-state index < -0.39 is 12.0 Å². The van der Waals surface area contributed by atoms with E-state index in [1.807, 2.05) is 0 Å². The van der Waals surface area contributed by atoms with Gasteiger partial charge in [-0.15, -0.1) is 6.58 Å². The van der Waals surface area contributed by atoms with Gasteiger partial charge in [-0.2, -0.15) is 0 Å². The Morgan fingerprint density at radius 1 is 1.44 bits per heavy atom. The van der Waals surface area contributed by atoms with Crippen molar-refractivity contribution in [2.24, 2.45) is 5.92 Å². The van der Waals surface area contributed by atoms with Gasteiger partial charge in [0.2, 0.25) is 0 Å². The second kappa shape index (κ2) is 6.54. The third-order valence-electron chi connectivity index (χ3n) is 2.58. The van der Waals surface area contributed by atoms with Gasteiger partial charge in [0.05, 0.1) is 7.11 Å². The van der Waals surface area contributed by atoms with Crippen LogP contribution in [-0.4, -0.2) is 30.0 Å². The standard InChI is InChI=1S/C13H16N2O3/c1-4-9(2)11(13(17)18-3)15-12(16)10-5-7-14-8-6-10/h4-9,11H,1H2,2-3H3,(H,15,16). The summed E-state index contributed by atoms with van der Waals surface area (Å²) in [6.07, 6.45) is 4.62. The van der Waals surface area contributed by atoms with E-state index >= 15 is 0 Å². The van der Waals surface area contributed by atoms with Gasteiger partial charge in [0, 0.05) is 23.9 Å². The van der Waals surface area contributed by atoms with E-state index in [0.717, 1.165) is 0 Å². The summed E-state index contributed by atoms with van der Waals surface area (Å²) in [5, 5.41) is 2.62. The predicted molar refractivity (Wildman–Crippen MR) is 66.9 cm³/mol. The number of nitrogens with one attached hydrogen (secondary N) is 1. The van der Waals surface area contributed by atoms with Crippen LogP contribution in [0.3, 0.4) is 0 Å². The molecular weight excluding hydrogens is 232 g/mol. The van der Waals surface area contributed by atoms with Crippen LogP contribution in [0.2, 0.25) is 0 Å². The van der Waals surface area contributed by atoms with Crippen LogP contribution >= 0.6 is 0 Å². The van der Waals surface area contributed by atoms with Gasteiger partial charge in [-0.25, -0.2) is 4.79 Å². The fraction of sp³-hybridized carbons (Fsp3) is 0.308. The molecule has 96 valence electrons. The first-order valence-electron chi connectivity index (χ1n) is 5.51. The van der Waals surface area contributed by atoms with Gasteiger partial charge in [0.1, 0.15) is 6.04 Å². The molecule has 5 nitrogen and oxygen atoms in total. The molecule has 18 heavy (non-hydrogen) atoms.